The molecule has 1 saturated carbocycles. The average molecular weight is 306 g/mol. The topological polar surface area (TPSA) is 61.6 Å². The first-order valence-electron chi connectivity index (χ1n) is 8.28. The summed E-state index contributed by atoms with van der Waals surface area (Å²) in [5.74, 6) is 1.95. The van der Waals surface area contributed by atoms with Crippen LogP contribution in [0.5, 0.6) is 0 Å². The molecule has 22 heavy (non-hydrogen) atoms. The van der Waals surface area contributed by atoms with Crippen LogP contribution in [0.1, 0.15) is 36.6 Å². The summed E-state index contributed by atoms with van der Waals surface area (Å²) in [6.07, 6.45) is 3.16. The minimum absolute atomic E-state index is 0.274. The number of oxazole rings is 1. The molecular weight excluding hydrogens is 280 g/mol. The highest BCUT2D eigenvalue weighted by Crippen LogP contribution is 2.18. The van der Waals surface area contributed by atoms with Crippen LogP contribution in [-0.2, 0) is 11.3 Å². The molecule has 1 amide bonds. The molecule has 2 aliphatic rings. The molecule has 1 aliphatic heterocycles. The monoisotopic (exact) mass is 306 g/mol. The molecule has 3 rings (SSSR count). The van der Waals surface area contributed by atoms with Gasteiger partial charge in [0.25, 0.3) is 0 Å². The Balaban J connectivity index is 1.38. The molecule has 1 N–H and O–H groups in total. The lowest BCUT2D eigenvalue weighted by Crippen LogP contribution is -2.48. The highest BCUT2D eigenvalue weighted by Gasteiger charge is 2.24. The molecule has 0 unspecified atom stereocenters. The smallest absolute Gasteiger partial charge is 0.223 e. The molecular formula is C16H26N4O2. The van der Waals surface area contributed by atoms with Gasteiger partial charge in [-0.25, -0.2) is 4.98 Å². The van der Waals surface area contributed by atoms with Crippen molar-refractivity contribution in [3.8, 4) is 0 Å². The Kier molecular flexibility index (Phi) is 4.78. The van der Waals surface area contributed by atoms with Crippen molar-refractivity contribution < 1.29 is 9.21 Å². The fraction of sp³-hybridized carbons (Fsp3) is 0.750. The Hall–Kier alpha value is -1.40. The maximum absolute atomic E-state index is 12.1. The van der Waals surface area contributed by atoms with Crippen molar-refractivity contribution in [1.29, 1.82) is 0 Å². The van der Waals surface area contributed by atoms with E-state index in [4.69, 9.17) is 4.42 Å². The Morgan fingerprint density at radius 2 is 2.00 bits per heavy atom. The van der Waals surface area contributed by atoms with Gasteiger partial charge < -0.3 is 14.6 Å². The summed E-state index contributed by atoms with van der Waals surface area (Å²) in [5.41, 5.74) is 0.965. The van der Waals surface area contributed by atoms with Crippen LogP contribution >= 0.6 is 0 Å². The Morgan fingerprint density at radius 1 is 1.27 bits per heavy atom. The van der Waals surface area contributed by atoms with E-state index < -0.39 is 0 Å². The number of aryl methyl sites for hydroxylation is 2. The molecule has 1 aromatic heterocycles. The van der Waals surface area contributed by atoms with Crippen molar-refractivity contribution in [3.63, 3.8) is 0 Å². The number of carbonyl (C=O) groups excluding carboxylic acids is 1. The summed E-state index contributed by atoms with van der Waals surface area (Å²) < 4.78 is 5.63. The van der Waals surface area contributed by atoms with E-state index in [1.54, 1.807) is 0 Å². The molecule has 0 bridgehead atoms. The summed E-state index contributed by atoms with van der Waals surface area (Å²) in [4.78, 5) is 20.9. The van der Waals surface area contributed by atoms with Crippen LogP contribution in [0.3, 0.4) is 0 Å². The van der Waals surface area contributed by atoms with Crippen LogP contribution in [0.4, 0.5) is 0 Å². The van der Waals surface area contributed by atoms with Gasteiger partial charge in [-0.15, -0.1) is 0 Å². The molecule has 1 aliphatic carbocycles. The van der Waals surface area contributed by atoms with Gasteiger partial charge in [0.1, 0.15) is 5.76 Å². The van der Waals surface area contributed by atoms with Crippen molar-refractivity contribution >= 4 is 5.91 Å². The minimum Gasteiger partial charge on any atom is -0.444 e. The first kappa shape index (κ1) is 15.5. The van der Waals surface area contributed by atoms with E-state index in [2.05, 4.69) is 15.2 Å². The number of hydrogen-bond donors (Lipinski definition) is 1. The third kappa shape index (κ3) is 4.08. The van der Waals surface area contributed by atoms with Gasteiger partial charge in [-0.05, 0) is 26.7 Å². The van der Waals surface area contributed by atoms with Crippen LogP contribution in [0.15, 0.2) is 4.42 Å². The predicted molar refractivity (Wildman–Crippen MR) is 83.5 cm³/mol. The van der Waals surface area contributed by atoms with Gasteiger partial charge in [0, 0.05) is 45.2 Å². The predicted octanol–water partition coefficient (Wildman–Crippen LogP) is 1.08. The molecule has 0 aromatic carbocycles. The van der Waals surface area contributed by atoms with Crippen LogP contribution < -0.4 is 5.32 Å². The zero-order chi connectivity index (χ0) is 15.5. The molecule has 1 aromatic rings. The first-order valence-corrected chi connectivity index (χ1v) is 8.28. The minimum atomic E-state index is 0.274. The lowest BCUT2D eigenvalue weighted by atomic mass is 10.2. The average Bonchev–Trinajstić information content (AvgIpc) is 3.26. The fourth-order valence-corrected chi connectivity index (χ4v) is 2.78. The molecule has 2 fully saturated rings. The summed E-state index contributed by atoms with van der Waals surface area (Å²) >= 11 is 0. The van der Waals surface area contributed by atoms with Gasteiger partial charge in [0.05, 0.1) is 12.2 Å². The van der Waals surface area contributed by atoms with Gasteiger partial charge >= 0.3 is 0 Å². The maximum Gasteiger partial charge on any atom is 0.223 e. The normalized spacial score (nSPS) is 19.6. The van der Waals surface area contributed by atoms with Gasteiger partial charge in [-0.3, -0.25) is 9.69 Å². The number of rotatable bonds is 6. The number of nitrogens with zero attached hydrogens (tertiary/aromatic N) is 3. The summed E-state index contributed by atoms with van der Waals surface area (Å²) in [6, 6.07) is 0.678. The second kappa shape index (κ2) is 6.79. The number of amides is 1. The van der Waals surface area contributed by atoms with Crippen molar-refractivity contribution in [2.75, 3.05) is 32.7 Å². The van der Waals surface area contributed by atoms with Crippen molar-refractivity contribution in [2.24, 2.45) is 0 Å². The van der Waals surface area contributed by atoms with E-state index in [1.165, 1.54) is 12.8 Å². The second-order valence-corrected chi connectivity index (χ2v) is 6.38. The summed E-state index contributed by atoms with van der Waals surface area (Å²) in [6.45, 7) is 8.86. The van der Waals surface area contributed by atoms with Gasteiger partial charge in [0.2, 0.25) is 11.8 Å². The molecule has 0 radical (unpaired) electrons. The number of piperazine rings is 1. The van der Waals surface area contributed by atoms with E-state index in [0.717, 1.165) is 56.6 Å². The van der Waals surface area contributed by atoms with E-state index in [1.807, 2.05) is 18.7 Å². The highest BCUT2D eigenvalue weighted by atomic mass is 16.4. The Labute approximate surface area is 131 Å². The molecule has 6 nitrogen and oxygen atoms in total. The second-order valence-electron chi connectivity index (χ2n) is 6.38. The zero-order valence-electron chi connectivity index (χ0n) is 13.6. The van der Waals surface area contributed by atoms with Crippen LogP contribution in [0.2, 0.25) is 0 Å². The van der Waals surface area contributed by atoms with Crippen LogP contribution in [-0.4, -0.2) is 59.5 Å². The van der Waals surface area contributed by atoms with Gasteiger partial charge in [-0.2, -0.15) is 0 Å². The summed E-state index contributed by atoms with van der Waals surface area (Å²) in [7, 11) is 0. The molecule has 2 heterocycles. The van der Waals surface area contributed by atoms with Crippen LogP contribution in [0.25, 0.3) is 0 Å². The molecule has 0 spiro atoms. The van der Waals surface area contributed by atoms with E-state index in [-0.39, 0.29) is 5.91 Å². The van der Waals surface area contributed by atoms with Gasteiger partial charge in [-0.1, -0.05) is 0 Å². The largest absolute Gasteiger partial charge is 0.444 e. The van der Waals surface area contributed by atoms with E-state index >= 15 is 0 Å². The SMILES string of the molecule is Cc1nc(CN2CCN(C(=O)CCNC3CC3)CC2)oc1C. The quantitative estimate of drug-likeness (QED) is 0.852. The Bertz CT molecular complexity index is 497. The van der Waals surface area contributed by atoms with E-state index in [0.29, 0.717) is 12.5 Å². The number of aromatic nitrogens is 1. The number of nitrogens with one attached hydrogen (secondary N) is 1. The van der Waals surface area contributed by atoms with Crippen LogP contribution in [0, 0.1) is 13.8 Å². The zero-order valence-corrected chi connectivity index (χ0v) is 13.6. The standard InChI is InChI=1S/C16H26N4O2/c1-12-13(2)22-15(18-12)11-19-7-9-20(10-8-19)16(21)5-6-17-14-3-4-14/h14,17H,3-11H2,1-2H3. The summed E-state index contributed by atoms with van der Waals surface area (Å²) in [5, 5.41) is 3.40. The van der Waals surface area contributed by atoms with E-state index in [9.17, 15) is 4.79 Å². The lowest BCUT2D eigenvalue weighted by Gasteiger charge is -2.34. The number of carbonyl (C=O) groups is 1. The Morgan fingerprint density at radius 3 is 2.59 bits per heavy atom. The fourth-order valence-electron chi connectivity index (χ4n) is 2.78. The maximum atomic E-state index is 12.1. The van der Waals surface area contributed by atoms with Crippen molar-refractivity contribution in [3.05, 3.63) is 17.3 Å². The van der Waals surface area contributed by atoms with Crippen molar-refractivity contribution in [1.82, 2.24) is 20.1 Å². The third-order valence-electron chi connectivity index (χ3n) is 4.51. The third-order valence-corrected chi connectivity index (χ3v) is 4.51. The molecule has 1 saturated heterocycles. The highest BCUT2D eigenvalue weighted by molar-refractivity contribution is 5.76. The van der Waals surface area contributed by atoms with Crippen molar-refractivity contribution in [2.45, 2.75) is 45.7 Å². The molecule has 122 valence electrons. The molecule has 0 atom stereocenters. The lowest BCUT2D eigenvalue weighted by molar-refractivity contribution is -0.132. The van der Waals surface area contributed by atoms with Gasteiger partial charge in [0.15, 0.2) is 0 Å². The first-order chi connectivity index (χ1) is 10.6. The number of hydrogen-bond acceptors (Lipinski definition) is 5. The molecule has 6 heteroatoms.